The van der Waals surface area contributed by atoms with Crippen LogP contribution >= 0.6 is 0 Å². The molecule has 0 bridgehead atoms. The maximum absolute atomic E-state index is 9.25. The molecule has 0 saturated carbocycles. The van der Waals surface area contributed by atoms with Crippen LogP contribution in [0.5, 0.6) is 0 Å². The zero-order chi connectivity index (χ0) is 46.8. The van der Waals surface area contributed by atoms with Crippen molar-refractivity contribution in [1.29, 1.82) is 0 Å². The van der Waals surface area contributed by atoms with Crippen molar-refractivity contribution in [2.75, 3.05) is 0 Å². The first-order chi connectivity index (χ1) is 30.8. The Morgan fingerprint density at radius 3 is 2.04 bits per heavy atom. The predicted molar refractivity (Wildman–Crippen MR) is 192 cm³/mol. The zero-order valence-corrected chi connectivity index (χ0v) is 23.9. The first-order valence-corrected chi connectivity index (χ1v) is 14.2. The lowest BCUT2D eigenvalue weighted by molar-refractivity contribution is 0.669. The second-order valence-electron chi connectivity index (χ2n) is 10.3. The molecule has 4 nitrogen and oxygen atoms in total. The lowest BCUT2D eigenvalue weighted by atomic mass is 9.97. The summed E-state index contributed by atoms with van der Waals surface area (Å²) in [4.78, 5) is 13.7. The number of aromatic nitrogens is 3. The molecule has 2 heterocycles. The highest BCUT2D eigenvalue weighted by Crippen LogP contribution is 2.38. The van der Waals surface area contributed by atoms with Crippen molar-refractivity contribution in [3.63, 3.8) is 0 Å². The molecule has 220 valence electrons. The third-order valence-corrected chi connectivity index (χ3v) is 7.44. The van der Waals surface area contributed by atoms with Crippen LogP contribution in [0.1, 0.15) is 24.7 Å². The van der Waals surface area contributed by atoms with E-state index in [9.17, 15) is 2.74 Å². The number of fused-ring (bicyclic) bond motifs is 4. The average Bonchev–Trinajstić information content (AvgIpc) is 3.70. The van der Waals surface area contributed by atoms with E-state index in [2.05, 4.69) is 15.0 Å². The predicted octanol–water partition coefficient (Wildman–Crippen LogP) is 11.3. The van der Waals surface area contributed by atoms with Crippen molar-refractivity contribution in [2.24, 2.45) is 0 Å². The van der Waals surface area contributed by atoms with Gasteiger partial charge in [-0.25, -0.2) is 15.0 Å². The number of furan rings is 1. The molecule has 0 spiro atoms. The van der Waals surface area contributed by atoms with Crippen molar-refractivity contribution >= 4 is 32.7 Å². The molecule has 9 rings (SSSR count). The van der Waals surface area contributed by atoms with E-state index in [-0.39, 0.29) is 72.4 Å². The third kappa shape index (κ3) is 4.84. The van der Waals surface area contributed by atoms with Crippen LogP contribution in [-0.2, 0) is 0 Å². The van der Waals surface area contributed by atoms with E-state index >= 15 is 0 Å². The lowest BCUT2D eigenvalue weighted by Gasteiger charge is -2.12. The second-order valence-corrected chi connectivity index (χ2v) is 10.3. The summed E-state index contributed by atoms with van der Waals surface area (Å²) in [5, 5.41) is -0.761. The lowest BCUT2D eigenvalue weighted by Crippen LogP contribution is -2.00. The summed E-state index contributed by atoms with van der Waals surface area (Å²) in [5.41, 5.74) is -0.904. The Bertz CT molecular complexity index is 3570. The molecule has 0 fully saturated rings. The van der Waals surface area contributed by atoms with Crippen LogP contribution in [0.3, 0.4) is 0 Å². The zero-order valence-electron chi connectivity index (χ0n) is 41.9. The number of rotatable bonds is 5. The van der Waals surface area contributed by atoms with Gasteiger partial charge in [-0.2, -0.15) is 0 Å². The molecule has 2 aromatic heterocycles. The molecule has 0 unspecified atom stereocenters. The van der Waals surface area contributed by atoms with Crippen LogP contribution in [0.2, 0.25) is 0 Å². The van der Waals surface area contributed by atoms with Crippen molar-refractivity contribution in [3.05, 3.63) is 163 Å². The Balaban J connectivity index is 1.39. The first-order valence-electron chi connectivity index (χ1n) is 23.2. The smallest absolute Gasteiger partial charge is 0.164 e. The van der Waals surface area contributed by atoms with Gasteiger partial charge in [0.15, 0.2) is 17.5 Å². The van der Waals surface area contributed by atoms with Gasteiger partial charge in [0.2, 0.25) is 0 Å². The highest BCUT2D eigenvalue weighted by molar-refractivity contribution is 6.12. The molecule has 9 aromatic rings. The summed E-state index contributed by atoms with van der Waals surface area (Å²) in [6.07, 6.45) is 0. The van der Waals surface area contributed by atoms with E-state index in [1.807, 2.05) is 0 Å². The maximum atomic E-state index is 9.25. The van der Waals surface area contributed by atoms with Gasteiger partial charge in [0.25, 0.3) is 0 Å². The van der Waals surface area contributed by atoms with Crippen LogP contribution in [0.4, 0.5) is 0 Å². The Morgan fingerprint density at radius 2 is 1.15 bits per heavy atom. The van der Waals surface area contributed by atoms with Crippen molar-refractivity contribution in [1.82, 2.24) is 15.0 Å². The van der Waals surface area contributed by atoms with E-state index in [0.29, 0.717) is 5.56 Å². The van der Waals surface area contributed by atoms with Crippen LogP contribution in [0.15, 0.2) is 168 Å². The standard InChI is InChI=1S/C43H27N3O/c1-3-12-28(13-4-1)30-24-25-34-31(26-30)17-10-21-36(34)43-45-41(29-14-5-2-6-15-29)44-42(46-43)33-18-9-16-32(27-33)35-20-11-23-39-40(35)37-19-7-8-22-38(37)47-39/h1-27H/i2D,5D,6D,7D,8D,10D,11D,14D,15D,17D,19D,20D,21D,22D,23D,24D,25D,26D. The van der Waals surface area contributed by atoms with Gasteiger partial charge in [-0.3, -0.25) is 0 Å². The fourth-order valence-electron chi connectivity index (χ4n) is 5.30. The monoisotopic (exact) mass is 619 g/mol. The van der Waals surface area contributed by atoms with Crippen molar-refractivity contribution in [2.45, 2.75) is 0 Å². The molecule has 47 heavy (non-hydrogen) atoms. The minimum atomic E-state index is -0.730. The maximum Gasteiger partial charge on any atom is 0.164 e. The van der Waals surface area contributed by atoms with Gasteiger partial charge in [-0.15, -0.1) is 0 Å². The van der Waals surface area contributed by atoms with E-state index in [4.69, 9.17) is 26.3 Å². The van der Waals surface area contributed by atoms with Gasteiger partial charge < -0.3 is 4.42 Å². The number of hydrogen-bond acceptors (Lipinski definition) is 4. The molecule has 0 amide bonds. The summed E-state index contributed by atoms with van der Waals surface area (Å²) in [6.45, 7) is 0. The van der Waals surface area contributed by atoms with E-state index < -0.39 is 120 Å². The summed E-state index contributed by atoms with van der Waals surface area (Å²) < 4.78 is 163. The number of para-hydroxylation sites is 1. The van der Waals surface area contributed by atoms with E-state index in [1.165, 1.54) is 24.3 Å². The van der Waals surface area contributed by atoms with Crippen LogP contribution in [0, 0.1) is 0 Å². The largest absolute Gasteiger partial charge is 0.456 e. The molecule has 0 radical (unpaired) electrons. The van der Waals surface area contributed by atoms with Crippen LogP contribution < -0.4 is 0 Å². The number of hydrogen-bond donors (Lipinski definition) is 0. The van der Waals surface area contributed by atoms with E-state index in [1.54, 1.807) is 30.3 Å². The highest BCUT2D eigenvalue weighted by atomic mass is 16.3. The minimum absolute atomic E-state index is 0.00854. The molecular weight excluding hydrogens is 574 g/mol. The molecule has 4 heteroatoms. The fourth-order valence-corrected chi connectivity index (χ4v) is 5.30. The molecule has 0 aliphatic rings. The first kappa shape index (κ1) is 14.4. The topological polar surface area (TPSA) is 51.8 Å². The molecule has 0 aliphatic carbocycles. The van der Waals surface area contributed by atoms with Gasteiger partial charge in [-0.1, -0.05) is 139 Å². The van der Waals surface area contributed by atoms with Crippen LogP contribution in [0.25, 0.3) is 89.1 Å². The molecule has 0 saturated heterocycles. The van der Waals surface area contributed by atoms with Gasteiger partial charge >= 0.3 is 0 Å². The van der Waals surface area contributed by atoms with Crippen molar-refractivity contribution in [3.8, 4) is 56.4 Å². The Kier molecular flexibility index (Phi) is 3.42. The van der Waals surface area contributed by atoms with E-state index in [0.717, 1.165) is 0 Å². The Hall–Kier alpha value is -6.39. The number of nitrogens with zero attached hydrogens (tertiary/aromatic N) is 3. The normalized spacial score (nSPS) is 16.8. The van der Waals surface area contributed by atoms with Crippen molar-refractivity contribution < 1.29 is 29.1 Å². The summed E-state index contributed by atoms with van der Waals surface area (Å²) in [5.74, 6) is -1.29. The molecule has 0 N–H and O–H groups in total. The molecule has 0 aliphatic heterocycles. The molecule has 7 aromatic carbocycles. The van der Waals surface area contributed by atoms with Gasteiger partial charge in [0.1, 0.15) is 11.2 Å². The van der Waals surface area contributed by atoms with Gasteiger partial charge in [0.05, 0.1) is 24.7 Å². The summed E-state index contributed by atoms with van der Waals surface area (Å²) >= 11 is 0. The van der Waals surface area contributed by atoms with Crippen LogP contribution in [-0.4, -0.2) is 15.0 Å². The molecule has 0 atom stereocenters. The minimum Gasteiger partial charge on any atom is -0.456 e. The number of benzene rings is 7. The SMILES string of the molecule is [2H]c1c([2H])c([2H])c(-c2nc(-c3cccc(-c4c([2H])c([2H])c([2H])c5oc6c([2H])c([2H])c([2H])c([2H])c6c45)c3)nc(-c3c([2H])c([2H])c([2H])c4c([2H])c(-c5ccccc5)c([2H])c([2H])c34)n2)c([2H])c1[2H]. The summed E-state index contributed by atoms with van der Waals surface area (Å²) in [7, 11) is 0. The Morgan fingerprint density at radius 1 is 0.447 bits per heavy atom. The quantitative estimate of drug-likeness (QED) is 0.192. The van der Waals surface area contributed by atoms with Gasteiger partial charge in [-0.05, 0) is 57.2 Å². The summed E-state index contributed by atoms with van der Waals surface area (Å²) in [6, 6.07) is 3.44. The highest BCUT2D eigenvalue weighted by Gasteiger charge is 2.17. The second kappa shape index (κ2) is 11.2. The average molecular weight is 620 g/mol. The fraction of sp³-hybridized carbons (Fsp3) is 0. The van der Waals surface area contributed by atoms with Gasteiger partial charge in [0, 0.05) is 27.5 Å². The Labute approximate surface area is 297 Å². The molecular formula is C43H27N3O. The third-order valence-electron chi connectivity index (χ3n) is 7.44.